The van der Waals surface area contributed by atoms with Gasteiger partial charge in [-0.1, -0.05) is 11.3 Å². The van der Waals surface area contributed by atoms with E-state index in [1.165, 1.54) is 18.3 Å². The van der Waals surface area contributed by atoms with Gasteiger partial charge in [0, 0.05) is 38.4 Å². The molecule has 1 atom stereocenters. The van der Waals surface area contributed by atoms with E-state index in [2.05, 4.69) is 20.8 Å². The molecule has 2 aromatic rings. The minimum Gasteiger partial charge on any atom is -0.377 e. The fourth-order valence-electron chi connectivity index (χ4n) is 2.75. The van der Waals surface area contributed by atoms with Crippen LogP contribution in [0.3, 0.4) is 0 Å². The predicted molar refractivity (Wildman–Crippen MR) is 100 cm³/mol. The smallest absolute Gasteiger partial charge is 0.231 e. The Morgan fingerprint density at radius 2 is 2.00 bits per heavy atom. The summed E-state index contributed by atoms with van der Waals surface area (Å²) in [6, 6.07) is 6.92. The highest BCUT2D eigenvalue weighted by Crippen LogP contribution is 2.27. The Labute approximate surface area is 159 Å². The number of benzene rings is 1. The molecule has 1 saturated heterocycles. The summed E-state index contributed by atoms with van der Waals surface area (Å²) in [6.07, 6.45) is 0.128. The van der Waals surface area contributed by atoms with Crippen LogP contribution in [0.5, 0.6) is 0 Å². The number of hydrogen-bond acceptors (Lipinski definition) is 7. The molecule has 3 amide bonds. The van der Waals surface area contributed by atoms with Crippen LogP contribution in [-0.4, -0.2) is 41.6 Å². The molecule has 2 N–H and O–H groups in total. The van der Waals surface area contributed by atoms with Gasteiger partial charge in [-0.25, -0.2) is 0 Å². The lowest BCUT2D eigenvalue weighted by molar-refractivity contribution is -0.122. The van der Waals surface area contributed by atoms with Gasteiger partial charge in [-0.05, 0) is 24.3 Å². The van der Waals surface area contributed by atoms with Crippen LogP contribution in [0.4, 0.5) is 16.5 Å². The van der Waals surface area contributed by atoms with E-state index in [4.69, 9.17) is 4.74 Å². The van der Waals surface area contributed by atoms with Crippen LogP contribution < -0.4 is 15.5 Å². The molecule has 1 aromatic carbocycles. The standard InChI is InChI=1S/C17H19N5O4S/c1-10(23)18-12-3-5-13(6-4-12)22-8-11(7-15(22)24)16(25)19-17-21-20-14(27-17)9-26-2/h3-6,11H,7-9H2,1-2H3,(H,18,23)(H,19,21,25). The lowest BCUT2D eigenvalue weighted by atomic mass is 10.1. The molecule has 142 valence electrons. The monoisotopic (exact) mass is 389 g/mol. The summed E-state index contributed by atoms with van der Waals surface area (Å²) in [7, 11) is 1.56. The van der Waals surface area contributed by atoms with Crippen molar-refractivity contribution in [3.8, 4) is 0 Å². The molecule has 1 aliphatic heterocycles. The second kappa shape index (κ2) is 8.23. The van der Waals surface area contributed by atoms with Crippen molar-refractivity contribution >= 4 is 45.6 Å². The van der Waals surface area contributed by atoms with Gasteiger partial charge in [0.05, 0.1) is 5.92 Å². The Balaban J connectivity index is 1.62. The van der Waals surface area contributed by atoms with Gasteiger partial charge < -0.3 is 20.3 Å². The second-order valence-electron chi connectivity index (χ2n) is 6.06. The third kappa shape index (κ3) is 4.66. The number of amides is 3. The molecule has 1 unspecified atom stereocenters. The van der Waals surface area contributed by atoms with Crippen LogP contribution in [0.15, 0.2) is 24.3 Å². The number of ether oxygens (including phenoxy) is 1. The Morgan fingerprint density at radius 3 is 2.67 bits per heavy atom. The highest BCUT2D eigenvalue weighted by Gasteiger charge is 2.35. The topological polar surface area (TPSA) is 114 Å². The summed E-state index contributed by atoms with van der Waals surface area (Å²) in [6.45, 7) is 2.04. The molecule has 9 nitrogen and oxygen atoms in total. The SMILES string of the molecule is COCc1nnc(NC(=O)C2CC(=O)N(c3ccc(NC(C)=O)cc3)C2)s1. The quantitative estimate of drug-likeness (QED) is 0.776. The van der Waals surface area contributed by atoms with E-state index in [1.54, 1.807) is 36.3 Å². The Kier molecular flexibility index (Phi) is 5.77. The minimum atomic E-state index is -0.470. The van der Waals surface area contributed by atoms with E-state index >= 15 is 0 Å². The van der Waals surface area contributed by atoms with E-state index in [9.17, 15) is 14.4 Å². The average molecular weight is 389 g/mol. The molecule has 0 saturated carbocycles. The molecule has 1 aromatic heterocycles. The lowest BCUT2D eigenvalue weighted by Crippen LogP contribution is -2.28. The number of aromatic nitrogens is 2. The first-order valence-corrected chi connectivity index (χ1v) is 9.08. The van der Waals surface area contributed by atoms with Crippen molar-refractivity contribution in [2.45, 2.75) is 20.0 Å². The van der Waals surface area contributed by atoms with Crippen LogP contribution in [0.2, 0.25) is 0 Å². The summed E-state index contributed by atoms with van der Waals surface area (Å²) in [5, 5.41) is 14.2. The van der Waals surface area contributed by atoms with Gasteiger partial charge in [0.15, 0.2) is 0 Å². The number of rotatable bonds is 6. The number of carbonyl (C=O) groups is 3. The first-order chi connectivity index (χ1) is 13.0. The van der Waals surface area contributed by atoms with Crippen molar-refractivity contribution in [2.75, 3.05) is 29.2 Å². The number of nitrogens with one attached hydrogen (secondary N) is 2. The third-order valence-corrected chi connectivity index (χ3v) is 4.77. The maximum absolute atomic E-state index is 12.4. The van der Waals surface area contributed by atoms with Crippen LogP contribution in [0, 0.1) is 5.92 Å². The van der Waals surface area contributed by atoms with Crippen molar-refractivity contribution in [1.82, 2.24) is 10.2 Å². The van der Waals surface area contributed by atoms with Gasteiger partial charge in [0.2, 0.25) is 22.9 Å². The first-order valence-electron chi connectivity index (χ1n) is 8.26. The molecular weight excluding hydrogens is 370 g/mol. The first kappa shape index (κ1) is 18.9. The van der Waals surface area contributed by atoms with E-state index < -0.39 is 5.92 Å². The molecule has 27 heavy (non-hydrogen) atoms. The number of hydrogen-bond donors (Lipinski definition) is 2. The molecule has 0 radical (unpaired) electrons. The summed E-state index contributed by atoms with van der Waals surface area (Å²) in [5.41, 5.74) is 1.33. The number of anilines is 3. The van der Waals surface area contributed by atoms with E-state index in [1.807, 2.05) is 0 Å². The predicted octanol–water partition coefficient (Wildman–Crippen LogP) is 1.63. The van der Waals surface area contributed by atoms with Crippen molar-refractivity contribution in [2.24, 2.45) is 5.92 Å². The summed E-state index contributed by atoms with van der Waals surface area (Å²) in [5.74, 6) is -1.02. The maximum Gasteiger partial charge on any atom is 0.231 e. The van der Waals surface area contributed by atoms with Gasteiger partial charge in [0.25, 0.3) is 0 Å². The summed E-state index contributed by atoms with van der Waals surface area (Å²) in [4.78, 5) is 37.4. The van der Waals surface area contributed by atoms with Crippen molar-refractivity contribution in [3.63, 3.8) is 0 Å². The Hall–Kier alpha value is -2.85. The molecule has 10 heteroatoms. The molecule has 1 aliphatic rings. The fourth-order valence-corrected chi connectivity index (χ4v) is 3.47. The van der Waals surface area contributed by atoms with E-state index in [-0.39, 0.29) is 30.7 Å². The summed E-state index contributed by atoms with van der Waals surface area (Å²) >= 11 is 1.24. The zero-order valence-corrected chi connectivity index (χ0v) is 15.7. The Morgan fingerprint density at radius 1 is 1.26 bits per heavy atom. The van der Waals surface area contributed by atoms with Crippen molar-refractivity contribution < 1.29 is 19.1 Å². The molecule has 0 bridgehead atoms. The maximum atomic E-state index is 12.4. The number of methoxy groups -OCH3 is 1. The minimum absolute atomic E-state index is 0.125. The Bertz CT molecular complexity index is 851. The molecule has 0 aliphatic carbocycles. The van der Waals surface area contributed by atoms with E-state index in [0.29, 0.717) is 28.1 Å². The van der Waals surface area contributed by atoms with Gasteiger partial charge >= 0.3 is 0 Å². The van der Waals surface area contributed by atoms with Gasteiger partial charge in [-0.3, -0.25) is 14.4 Å². The zero-order chi connectivity index (χ0) is 19.4. The van der Waals surface area contributed by atoms with Crippen LogP contribution in [-0.2, 0) is 25.7 Å². The van der Waals surface area contributed by atoms with Gasteiger partial charge in [-0.15, -0.1) is 10.2 Å². The summed E-state index contributed by atoms with van der Waals surface area (Å²) < 4.78 is 4.97. The molecule has 2 heterocycles. The third-order valence-electron chi connectivity index (χ3n) is 3.96. The molecule has 3 rings (SSSR count). The van der Waals surface area contributed by atoms with Gasteiger partial charge in [0.1, 0.15) is 11.6 Å². The van der Waals surface area contributed by atoms with Crippen LogP contribution >= 0.6 is 11.3 Å². The van der Waals surface area contributed by atoms with Gasteiger partial charge in [-0.2, -0.15) is 0 Å². The highest BCUT2D eigenvalue weighted by atomic mass is 32.1. The van der Waals surface area contributed by atoms with Crippen molar-refractivity contribution in [3.05, 3.63) is 29.3 Å². The average Bonchev–Trinajstić information content (AvgIpc) is 3.22. The van der Waals surface area contributed by atoms with Crippen LogP contribution in [0.25, 0.3) is 0 Å². The largest absolute Gasteiger partial charge is 0.377 e. The molecule has 1 fully saturated rings. The zero-order valence-electron chi connectivity index (χ0n) is 14.9. The van der Waals surface area contributed by atoms with E-state index in [0.717, 1.165) is 0 Å². The lowest BCUT2D eigenvalue weighted by Gasteiger charge is -2.17. The molecule has 0 spiro atoms. The number of nitrogens with zero attached hydrogens (tertiary/aromatic N) is 3. The molecular formula is C17H19N5O4S. The second-order valence-corrected chi connectivity index (χ2v) is 7.12. The highest BCUT2D eigenvalue weighted by molar-refractivity contribution is 7.15. The number of carbonyl (C=O) groups excluding carboxylic acids is 3. The van der Waals surface area contributed by atoms with Crippen LogP contribution in [0.1, 0.15) is 18.4 Å². The van der Waals surface area contributed by atoms with Crippen molar-refractivity contribution in [1.29, 1.82) is 0 Å². The normalized spacial score (nSPS) is 16.4. The fraction of sp³-hybridized carbons (Fsp3) is 0.353.